The van der Waals surface area contributed by atoms with Crippen LogP contribution in [0.3, 0.4) is 0 Å². The Morgan fingerprint density at radius 3 is 2.31 bits per heavy atom. The molecule has 0 aliphatic carbocycles. The summed E-state index contributed by atoms with van der Waals surface area (Å²) in [6.07, 6.45) is -0.515. The van der Waals surface area contributed by atoms with E-state index in [0.717, 1.165) is 6.42 Å². The molecule has 0 aliphatic rings. The zero-order valence-corrected chi connectivity index (χ0v) is 7.97. The van der Waals surface area contributed by atoms with Crippen LogP contribution in [-0.2, 0) is 0 Å². The molecule has 2 atom stereocenters. The Balaban J connectivity index is 3.74. The van der Waals surface area contributed by atoms with Crippen LogP contribution in [0.5, 0.6) is 0 Å². The molecule has 2 nitrogen and oxygen atoms in total. The maximum Gasteiger partial charge on any atom is 0.257 e. The van der Waals surface area contributed by atoms with Crippen molar-refractivity contribution in [3.05, 3.63) is 12.2 Å². The summed E-state index contributed by atoms with van der Waals surface area (Å²) < 4.78 is 24.1. The molecule has 0 fully saturated rings. The van der Waals surface area contributed by atoms with Gasteiger partial charge in [0.2, 0.25) is 0 Å². The summed E-state index contributed by atoms with van der Waals surface area (Å²) in [5.74, 6) is 0. The molecule has 0 rings (SSSR count). The van der Waals surface area contributed by atoms with Gasteiger partial charge in [-0.05, 0) is 19.3 Å². The zero-order chi connectivity index (χ0) is 10.4. The van der Waals surface area contributed by atoms with E-state index in [1.54, 1.807) is 0 Å². The van der Waals surface area contributed by atoms with Crippen molar-refractivity contribution in [1.82, 2.24) is 0 Å². The highest BCUT2D eigenvalue weighted by molar-refractivity contribution is 5.05. The van der Waals surface area contributed by atoms with Gasteiger partial charge in [0, 0.05) is 6.04 Å². The number of hydrogen-bond acceptors (Lipinski definition) is 2. The van der Waals surface area contributed by atoms with Gasteiger partial charge in [-0.1, -0.05) is 19.1 Å². The quantitative estimate of drug-likeness (QED) is 0.629. The fourth-order valence-corrected chi connectivity index (χ4v) is 0.920. The van der Waals surface area contributed by atoms with E-state index >= 15 is 0 Å². The van der Waals surface area contributed by atoms with Gasteiger partial charge in [0.05, 0.1) is 6.04 Å². The molecule has 0 aromatic carbocycles. The first-order chi connectivity index (χ1) is 5.99. The fraction of sp³-hybridized carbons (Fsp3) is 0.778. The first-order valence-corrected chi connectivity index (χ1v) is 4.46. The Hall–Kier alpha value is -0.480. The lowest BCUT2D eigenvalue weighted by atomic mass is 10.0. The smallest absolute Gasteiger partial charge is 0.257 e. The lowest BCUT2D eigenvalue weighted by Gasteiger charge is -2.15. The summed E-state index contributed by atoms with van der Waals surface area (Å²) in [5.41, 5.74) is 11.2. The predicted octanol–water partition coefficient (Wildman–Crippen LogP) is 1.65. The third-order valence-electron chi connectivity index (χ3n) is 2.10. The second kappa shape index (κ2) is 6.05. The Labute approximate surface area is 78.0 Å². The molecule has 2 unspecified atom stereocenters. The average Bonchev–Trinajstić information content (AvgIpc) is 2.11. The van der Waals surface area contributed by atoms with E-state index in [-0.39, 0.29) is 6.04 Å². The summed E-state index contributed by atoms with van der Waals surface area (Å²) in [5, 5.41) is 0. The van der Waals surface area contributed by atoms with Crippen molar-refractivity contribution in [2.45, 2.75) is 44.7 Å². The minimum absolute atomic E-state index is 0.0571. The lowest BCUT2D eigenvalue weighted by molar-refractivity contribution is 0.128. The van der Waals surface area contributed by atoms with Crippen LogP contribution in [0.25, 0.3) is 0 Å². The molecule has 0 heterocycles. The molecule has 0 saturated heterocycles. The molecular weight excluding hydrogens is 174 g/mol. The summed E-state index contributed by atoms with van der Waals surface area (Å²) in [7, 11) is 0. The molecule has 0 spiro atoms. The fourth-order valence-electron chi connectivity index (χ4n) is 0.920. The molecule has 0 saturated carbocycles. The van der Waals surface area contributed by atoms with Crippen molar-refractivity contribution < 1.29 is 8.78 Å². The van der Waals surface area contributed by atoms with Crippen molar-refractivity contribution in [2.24, 2.45) is 11.5 Å². The molecule has 4 N–H and O–H groups in total. The third kappa shape index (κ3) is 4.95. The maximum absolute atomic E-state index is 12.1. The highest BCUT2D eigenvalue weighted by atomic mass is 19.3. The van der Waals surface area contributed by atoms with E-state index in [2.05, 4.69) is 6.58 Å². The second-order valence-electron chi connectivity index (χ2n) is 3.23. The summed E-state index contributed by atoms with van der Waals surface area (Å²) in [6.45, 7) is 5.48. The van der Waals surface area contributed by atoms with Crippen molar-refractivity contribution in [1.29, 1.82) is 0 Å². The topological polar surface area (TPSA) is 52.0 Å². The van der Waals surface area contributed by atoms with Gasteiger partial charge in [-0.3, -0.25) is 0 Å². The van der Waals surface area contributed by atoms with Gasteiger partial charge in [-0.2, -0.15) is 0 Å². The van der Waals surface area contributed by atoms with Crippen LogP contribution < -0.4 is 11.5 Å². The van der Waals surface area contributed by atoms with Crippen molar-refractivity contribution >= 4 is 0 Å². The molecule has 0 aromatic heterocycles. The van der Waals surface area contributed by atoms with Crippen LogP contribution in [0.1, 0.15) is 26.2 Å². The van der Waals surface area contributed by atoms with Crippen molar-refractivity contribution in [3.63, 3.8) is 0 Å². The summed E-state index contributed by atoms with van der Waals surface area (Å²) >= 11 is 0. The SMILES string of the molecule is C=C(CCC(N)CC)C(N)C(F)F. The van der Waals surface area contributed by atoms with Crippen LogP contribution in [0.2, 0.25) is 0 Å². The van der Waals surface area contributed by atoms with Crippen molar-refractivity contribution in [3.8, 4) is 0 Å². The molecule has 0 aromatic rings. The standard InChI is InChI=1S/C9H18F2N2/c1-3-7(12)5-4-6(2)8(13)9(10)11/h7-9H,2-5,12-13H2,1H3. The van der Waals surface area contributed by atoms with Crippen LogP contribution in [0, 0.1) is 0 Å². The van der Waals surface area contributed by atoms with Gasteiger partial charge in [-0.15, -0.1) is 0 Å². The highest BCUT2D eigenvalue weighted by Gasteiger charge is 2.18. The minimum atomic E-state index is -2.52. The van der Waals surface area contributed by atoms with E-state index in [4.69, 9.17) is 11.5 Å². The van der Waals surface area contributed by atoms with E-state index in [0.29, 0.717) is 18.4 Å². The van der Waals surface area contributed by atoms with Gasteiger partial charge < -0.3 is 11.5 Å². The van der Waals surface area contributed by atoms with E-state index in [9.17, 15) is 8.78 Å². The number of nitrogens with two attached hydrogens (primary N) is 2. The lowest BCUT2D eigenvalue weighted by Crippen LogP contribution is -2.31. The van der Waals surface area contributed by atoms with Gasteiger partial charge in [0.15, 0.2) is 0 Å². The van der Waals surface area contributed by atoms with Gasteiger partial charge in [-0.25, -0.2) is 8.78 Å². The van der Waals surface area contributed by atoms with Gasteiger partial charge >= 0.3 is 0 Å². The summed E-state index contributed by atoms with van der Waals surface area (Å²) in [4.78, 5) is 0. The van der Waals surface area contributed by atoms with Gasteiger partial charge in [0.25, 0.3) is 6.43 Å². The van der Waals surface area contributed by atoms with E-state index in [1.165, 1.54) is 0 Å². The largest absolute Gasteiger partial charge is 0.328 e. The molecule has 0 radical (unpaired) electrons. The average molecular weight is 192 g/mol. The molecular formula is C9H18F2N2. The predicted molar refractivity (Wildman–Crippen MR) is 50.6 cm³/mol. The maximum atomic E-state index is 12.1. The second-order valence-corrected chi connectivity index (χ2v) is 3.23. The molecule has 78 valence electrons. The Kier molecular flexibility index (Phi) is 5.82. The first-order valence-electron chi connectivity index (χ1n) is 4.46. The first kappa shape index (κ1) is 12.5. The minimum Gasteiger partial charge on any atom is -0.328 e. The number of hydrogen-bond donors (Lipinski definition) is 2. The molecule has 0 amide bonds. The van der Waals surface area contributed by atoms with Crippen molar-refractivity contribution in [2.75, 3.05) is 0 Å². The van der Waals surface area contributed by atoms with E-state index in [1.807, 2.05) is 6.92 Å². The molecule has 13 heavy (non-hydrogen) atoms. The van der Waals surface area contributed by atoms with Gasteiger partial charge in [0.1, 0.15) is 0 Å². The van der Waals surface area contributed by atoms with E-state index < -0.39 is 12.5 Å². The number of alkyl halides is 2. The number of rotatable bonds is 6. The zero-order valence-electron chi connectivity index (χ0n) is 7.97. The van der Waals surface area contributed by atoms with Crippen LogP contribution >= 0.6 is 0 Å². The van der Waals surface area contributed by atoms with Crippen LogP contribution in [0.4, 0.5) is 8.78 Å². The molecule has 0 bridgehead atoms. The number of halogens is 2. The Morgan fingerprint density at radius 2 is 1.92 bits per heavy atom. The Bertz CT molecular complexity index is 160. The molecule has 0 aliphatic heterocycles. The monoisotopic (exact) mass is 192 g/mol. The molecule has 4 heteroatoms. The third-order valence-corrected chi connectivity index (χ3v) is 2.10. The van der Waals surface area contributed by atoms with Crippen LogP contribution in [-0.4, -0.2) is 18.5 Å². The normalized spacial score (nSPS) is 15.8. The van der Waals surface area contributed by atoms with Crippen LogP contribution in [0.15, 0.2) is 12.2 Å². The highest BCUT2D eigenvalue weighted by Crippen LogP contribution is 2.13. The summed E-state index contributed by atoms with van der Waals surface area (Å²) in [6, 6.07) is -1.15. The Morgan fingerprint density at radius 1 is 1.38 bits per heavy atom.